The van der Waals surface area contributed by atoms with Crippen molar-refractivity contribution in [2.24, 2.45) is 16.5 Å². The Bertz CT molecular complexity index is 4200. The number of phenols is 1. The Morgan fingerprint density at radius 3 is 1.88 bits per heavy atom. The van der Waals surface area contributed by atoms with E-state index in [2.05, 4.69) is 73.8 Å². The number of amides is 13. The molecule has 1 aromatic heterocycles. The number of phenolic OH excluding ortho intramolecular Hbond substituents is 1. The molecule has 23 N–H and O–H groups in total. The van der Waals surface area contributed by atoms with Crippen molar-refractivity contribution in [2.45, 2.75) is 260 Å². The number of aliphatic hydroxyl groups excluding tert-OH is 4. The van der Waals surface area contributed by atoms with Gasteiger partial charge in [0.1, 0.15) is 72.8 Å². The molecule has 2 saturated heterocycles. The molecule has 2 fully saturated rings. The van der Waals surface area contributed by atoms with Crippen molar-refractivity contribution in [3.05, 3.63) is 102 Å². The predicted molar refractivity (Wildman–Crippen MR) is 454 cm³/mol. The van der Waals surface area contributed by atoms with E-state index in [0.29, 0.717) is 36.0 Å². The van der Waals surface area contributed by atoms with Gasteiger partial charge in [0, 0.05) is 81.9 Å². The van der Waals surface area contributed by atoms with Gasteiger partial charge in [-0.2, -0.15) is 0 Å². The number of carbonyl (C=O) groups excluding carboxylic acids is 14. The molecular weight excluding hydrogens is 1610 g/mol. The predicted octanol–water partition coefficient (Wildman–Crippen LogP) is -1.50. The number of ketones is 1. The largest absolute Gasteiger partial charge is 0.508 e. The first-order valence-corrected chi connectivity index (χ1v) is 42.5. The number of aliphatic hydroxyl groups is 4. The van der Waals surface area contributed by atoms with Crippen molar-refractivity contribution >= 4 is 105 Å². The van der Waals surface area contributed by atoms with Crippen LogP contribution in [0.2, 0.25) is 0 Å². The maximum atomic E-state index is 15.3. The van der Waals surface area contributed by atoms with Crippen LogP contribution in [0.3, 0.4) is 0 Å². The van der Waals surface area contributed by atoms with Gasteiger partial charge in [-0.05, 0) is 107 Å². The van der Waals surface area contributed by atoms with Gasteiger partial charge in [-0.1, -0.05) is 132 Å². The Morgan fingerprint density at radius 2 is 1.23 bits per heavy atom. The summed E-state index contributed by atoms with van der Waals surface area (Å²) in [6.07, 6.45) is 7.03. The molecule has 2 aliphatic heterocycles. The summed E-state index contributed by atoms with van der Waals surface area (Å²) in [5.74, 6) is -14.1. The number of nitrogens with two attached hydrogens (primary N) is 2. The lowest BCUT2D eigenvalue weighted by molar-refractivity contribution is -0.143. The number of aliphatic imine (C=N–C) groups is 1. The van der Waals surface area contributed by atoms with Crippen molar-refractivity contribution < 1.29 is 107 Å². The number of hydrogen-bond donors (Lipinski definition) is 21. The third kappa shape index (κ3) is 35.6. The van der Waals surface area contributed by atoms with Gasteiger partial charge in [0.2, 0.25) is 76.8 Å². The van der Waals surface area contributed by atoms with Gasteiger partial charge in [0.05, 0.1) is 38.0 Å². The second-order valence-electron chi connectivity index (χ2n) is 31.3. The topological polar surface area (TPSA) is 614 Å². The molecule has 39 nitrogen and oxygen atoms in total. The molecular formula is C85H125N17O22. The second-order valence-corrected chi connectivity index (χ2v) is 31.3. The smallest absolute Gasteiger partial charge is 0.303 e. The van der Waals surface area contributed by atoms with Crippen molar-refractivity contribution in [1.82, 2.24) is 73.7 Å². The number of carboxylic acids is 1. The van der Waals surface area contributed by atoms with E-state index in [0.717, 1.165) is 74.1 Å². The van der Waals surface area contributed by atoms with Crippen molar-refractivity contribution in [2.75, 3.05) is 52.6 Å². The Hall–Kier alpha value is -11.7. The Kier molecular flexibility index (Phi) is 44.1. The number of carboxylic acid groups (broad SMARTS) is 1. The fourth-order valence-corrected chi connectivity index (χ4v) is 14.3. The number of rotatable bonds is 45. The number of H-pyrrole nitrogens is 1. The lowest BCUT2D eigenvalue weighted by Crippen LogP contribution is -2.62. The minimum atomic E-state index is -1.95. The molecule has 2 aliphatic rings. The summed E-state index contributed by atoms with van der Waals surface area (Å²) in [5, 5.41) is 93.5. The summed E-state index contributed by atoms with van der Waals surface area (Å²) in [6, 6.07) is 3.40. The van der Waals surface area contributed by atoms with E-state index in [9.17, 15) is 83.1 Å². The molecule has 0 aliphatic carbocycles. The van der Waals surface area contributed by atoms with Crippen LogP contribution in [0.25, 0.3) is 10.9 Å². The molecule has 682 valence electrons. The molecule has 13 atom stereocenters. The zero-order valence-electron chi connectivity index (χ0n) is 70.7. The highest BCUT2D eigenvalue weighted by Crippen LogP contribution is 2.24. The number of hydrogen-bond acceptors (Lipinski definition) is 22. The molecule has 4 aromatic rings. The zero-order chi connectivity index (χ0) is 90.6. The third-order valence-electron chi connectivity index (χ3n) is 21.2. The number of aromatic nitrogens is 1. The lowest BCUT2D eigenvalue weighted by Gasteiger charge is -2.31. The van der Waals surface area contributed by atoms with Gasteiger partial charge in [0.15, 0.2) is 11.7 Å². The number of nitrogens with one attached hydrogen (secondary N) is 13. The van der Waals surface area contributed by atoms with E-state index >= 15 is 14.4 Å². The number of nitrogens with zero attached hydrogens (tertiary/aromatic N) is 2. The number of para-hydroxylation sites is 1. The highest BCUT2D eigenvalue weighted by Gasteiger charge is 2.44. The summed E-state index contributed by atoms with van der Waals surface area (Å²) in [7, 11) is 0. The highest BCUT2D eigenvalue weighted by atomic mass is 16.5. The number of unbranched alkanes of at least 4 members (excludes halogenated alkanes) is 10. The lowest BCUT2D eigenvalue weighted by atomic mass is 10.0. The average Bonchev–Trinajstić information content (AvgIpc) is 1.63. The van der Waals surface area contributed by atoms with Crippen LogP contribution >= 0.6 is 0 Å². The third-order valence-corrected chi connectivity index (χ3v) is 21.2. The van der Waals surface area contributed by atoms with Crippen LogP contribution in [0.15, 0.2) is 90.1 Å². The Morgan fingerprint density at radius 1 is 0.629 bits per heavy atom. The SMILES string of the molecule is CCCC[C@H](NC(=O)[C@@H](NC(=O)[C@H](Cc1ccc(O)cc1)NC(=O)[C@H](CO)NC(=O)[C@H](CO)NC(=O)CNC(=O)COCCCCCCCCCCCCC(=O)O)[C@@H](C)O)C(=O)N[C@H]1CCC(=O)NCCCC[C@@H](C(C)=O)NC(=O)[C@H](Cc2c[nH]c3ccccc23)NC(=O)[C@H](CCCN=C(N)N)NC(=O)[C@@H](Cc2ccccc2)NC(=O)[C@@H]2C[C@@H](O)CN2C1=O. The van der Waals surface area contributed by atoms with E-state index in [-0.39, 0.29) is 102 Å². The van der Waals surface area contributed by atoms with E-state index in [1.165, 1.54) is 31.2 Å². The summed E-state index contributed by atoms with van der Waals surface area (Å²) >= 11 is 0. The number of benzene rings is 3. The molecule has 0 saturated carbocycles. The van der Waals surface area contributed by atoms with Crippen molar-refractivity contribution in [3.63, 3.8) is 0 Å². The van der Waals surface area contributed by atoms with E-state index in [4.69, 9.17) is 21.3 Å². The molecule has 3 aromatic carbocycles. The van der Waals surface area contributed by atoms with Crippen LogP contribution < -0.4 is 75.3 Å². The molecule has 124 heavy (non-hydrogen) atoms. The second kappa shape index (κ2) is 54.1. The van der Waals surface area contributed by atoms with Crippen LogP contribution in [0.5, 0.6) is 5.75 Å². The summed E-state index contributed by atoms with van der Waals surface area (Å²) in [5.41, 5.74) is 13.5. The first-order chi connectivity index (χ1) is 59.4. The normalized spacial score (nSPS) is 19.7. The molecule has 0 spiro atoms. The number of aliphatic carboxylic acids is 1. The quantitative estimate of drug-likeness (QED) is 0.0136. The van der Waals surface area contributed by atoms with Gasteiger partial charge >= 0.3 is 5.97 Å². The van der Waals surface area contributed by atoms with Gasteiger partial charge in [-0.25, -0.2) is 0 Å². The number of aromatic amines is 1. The standard InChI is InChI=1S/C85H125N17O22/c1-4-5-27-61(95-83(122)74(52(3)106)101-79(118)65(42-54-32-34-56(107)35-33-54)97-81(120)68(49-104)100-80(119)67(48-103)92-71(110)46-91-72(111)50-124-40-22-13-11-9-7-6-8-10-12-17-31-73(112)113)75(114)96-63-36-37-70(109)88-38-21-20-28-59(51(2)105)93-78(117)66(43-55-45-90-60-29-19-18-26-58(55)60)98-76(115)62(30-23-39-89-85(86)87)94-77(116)64(41-53-24-15-14-16-25-53)99-82(121)69-44-57(108)47-102(69)84(63)123/h14-16,18-19,24-26,29,32-35,45,52,57,59,61-69,74,90,103-104,106-108H,4-13,17,20-23,27-28,30-31,36-44,46-50H2,1-3H3,(H,88,109)(H,91,111)(H,92,110)(H,93,117)(H,94,116)(H,95,122)(H,96,114)(H,97,120)(H,98,115)(H,99,121)(H,100,119)(H,101,118)(H,112,113)(H4,86,87,89)/t52-,57-,59+,61+,62+,63+,64-,65+,66+,67+,68+,69+,74+/m1/s1. The molecule has 3 heterocycles. The molecule has 0 radical (unpaired) electrons. The average molecular weight is 1740 g/mol. The van der Waals surface area contributed by atoms with Crippen LogP contribution in [-0.4, -0.2) is 266 Å². The molecule has 6 rings (SSSR count). The van der Waals surface area contributed by atoms with E-state index in [1.807, 2.05) is 18.2 Å². The Labute approximate surface area is 719 Å². The first-order valence-electron chi connectivity index (χ1n) is 42.5. The minimum absolute atomic E-state index is 0.000862. The van der Waals surface area contributed by atoms with Gasteiger partial charge < -0.3 is 121 Å². The molecule has 13 amide bonds. The van der Waals surface area contributed by atoms with Gasteiger partial charge in [-0.3, -0.25) is 76.9 Å². The summed E-state index contributed by atoms with van der Waals surface area (Å²) in [6.45, 7) is 0.768. The number of fused-ring (bicyclic) bond motifs is 2. The fraction of sp³-hybridized carbons (Fsp3) is 0.576. The van der Waals surface area contributed by atoms with E-state index in [1.54, 1.807) is 49.5 Å². The van der Waals surface area contributed by atoms with Crippen LogP contribution in [0.1, 0.15) is 179 Å². The minimum Gasteiger partial charge on any atom is -0.508 e. The monoisotopic (exact) mass is 1740 g/mol. The van der Waals surface area contributed by atoms with E-state index < -0.39 is 219 Å². The van der Waals surface area contributed by atoms with Crippen molar-refractivity contribution in [3.8, 4) is 5.75 Å². The van der Waals surface area contributed by atoms with Crippen LogP contribution in [0.4, 0.5) is 0 Å². The molecule has 0 unspecified atom stereocenters. The maximum absolute atomic E-state index is 15.3. The number of carbonyl (C=O) groups is 15. The number of ether oxygens (including phenoxy) is 1. The van der Waals surface area contributed by atoms with Crippen LogP contribution in [0, 0.1) is 0 Å². The fourth-order valence-electron chi connectivity index (χ4n) is 14.3. The first kappa shape index (κ1) is 101. The summed E-state index contributed by atoms with van der Waals surface area (Å²) < 4.78 is 5.43. The number of guanidine groups is 1. The molecule has 39 heteroatoms. The highest BCUT2D eigenvalue weighted by molar-refractivity contribution is 6.01. The Balaban J connectivity index is 1.18. The molecule has 0 bridgehead atoms. The zero-order valence-corrected chi connectivity index (χ0v) is 70.7. The maximum Gasteiger partial charge on any atom is 0.303 e. The number of Topliss-reactive ketones (excluding diaryl/α,β-unsaturated/α-hetero) is 1. The van der Waals surface area contributed by atoms with Crippen molar-refractivity contribution in [1.29, 1.82) is 0 Å². The van der Waals surface area contributed by atoms with Crippen LogP contribution in [-0.2, 0) is 95.9 Å². The summed E-state index contributed by atoms with van der Waals surface area (Å²) in [4.78, 5) is 218. The van der Waals surface area contributed by atoms with Gasteiger partial charge in [-0.15, -0.1) is 0 Å². The van der Waals surface area contributed by atoms with Gasteiger partial charge in [0.25, 0.3) is 0 Å². The number of aromatic hydroxyl groups is 1.